The molecule has 4 heterocycles. The van der Waals surface area contributed by atoms with E-state index < -0.39 is 0 Å². The number of rotatable bonds is 6. The molecule has 4 aromatic heterocycles. The monoisotopic (exact) mass is 394 g/mol. The Morgan fingerprint density at radius 1 is 0.800 bits per heavy atom. The third-order valence-electron chi connectivity index (χ3n) is 5.25. The van der Waals surface area contributed by atoms with E-state index in [2.05, 4.69) is 61.7 Å². The van der Waals surface area contributed by atoms with Crippen LogP contribution in [0.2, 0.25) is 0 Å². The number of pyridine rings is 1. The molecule has 0 N–H and O–H groups in total. The Morgan fingerprint density at radius 2 is 1.60 bits per heavy atom. The molecule has 30 heavy (non-hydrogen) atoms. The smallest absolute Gasteiger partial charge is 0.159 e. The molecule has 5 aromatic rings. The van der Waals surface area contributed by atoms with Crippen molar-refractivity contribution in [2.45, 2.75) is 26.4 Å². The molecule has 1 aromatic carbocycles. The lowest BCUT2D eigenvalue weighted by Gasteiger charge is -2.12. The van der Waals surface area contributed by atoms with Crippen LogP contribution in [0.1, 0.15) is 12.1 Å². The summed E-state index contributed by atoms with van der Waals surface area (Å²) in [6.07, 6.45) is 12.1. The van der Waals surface area contributed by atoms with E-state index >= 15 is 0 Å². The number of benzene rings is 1. The van der Waals surface area contributed by atoms with Crippen LogP contribution in [0.15, 0.2) is 79.8 Å². The Labute approximate surface area is 174 Å². The Morgan fingerprint density at radius 3 is 2.37 bits per heavy atom. The molecule has 6 heteroatoms. The molecule has 0 unspecified atom stereocenters. The van der Waals surface area contributed by atoms with Crippen LogP contribution in [-0.4, -0.2) is 29.1 Å². The van der Waals surface area contributed by atoms with Crippen LogP contribution in [0.5, 0.6) is 0 Å². The van der Waals surface area contributed by atoms with Crippen LogP contribution in [0.3, 0.4) is 0 Å². The molecule has 0 amide bonds. The number of nitrogens with zero attached hydrogens (tertiary/aromatic N) is 6. The van der Waals surface area contributed by atoms with Gasteiger partial charge in [-0.2, -0.15) is 0 Å². The quantitative estimate of drug-likeness (QED) is 0.417. The van der Waals surface area contributed by atoms with Crippen molar-refractivity contribution in [2.75, 3.05) is 0 Å². The van der Waals surface area contributed by atoms with Gasteiger partial charge in [0, 0.05) is 55.2 Å². The van der Waals surface area contributed by atoms with Crippen LogP contribution in [0, 0.1) is 6.92 Å². The minimum absolute atomic E-state index is 0.830. The van der Waals surface area contributed by atoms with Crippen molar-refractivity contribution < 1.29 is 0 Å². The predicted octanol–water partition coefficient (Wildman–Crippen LogP) is 4.76. The first-order valence-corrected chi connectivity index (χ1v) is 10.1. The SMILES string of the molecule is Cc1cn(CCCn2c(-c3ccncc3)c(-c3ccccc3)c3nccnc32)cn1. The molecular weight excluding hydrogens is 372 g/mol. The van der Waals surface area contributed by atoms with Crippen LogP contribution in [-0.2, 0) is 13.1 Å². The molecule has 0 aliphatic rings. The summed E-state index contributed by atoms with van der Waals surface area (Å²) in [5.41, 5.74) is 7.37. The molecule has 0 aliphatic heterocycles. The minimum atomic E-state index is 0.830. The second kappa shape index (κ2) is 7.91. The highest BCUT2D eigenvalue weighted by atomic mass is 15.1. The zero-order valence-corrected chi connectivity index (χ0v) is 16.8. The highest BCUT2D eigenvalue weighted by Crippen LogP contribution is 2.39. The lowest BCUT2D eigenvalue weighted by atomic mass is 10.0. The van der Waals surface area contributed by atoms with E-state index in [-0.39, 0.29) is 0 Å². The second-order valence-corrected chi connectivity index (χ2v) is 7.31. The minimum Gasteiger partial charge on any atom is -0.337 e. The number of hydrogen-bond acceptors (Lipinski definition) is 4. The first-order valence-electron chi connectivity index (χ1n) is 10.1. The van der Waals surface area contributed by atoms with E-state index in [1.807, 2.05) is 31.7 Å². The molecule has 148 valence electrons. The van der Waals surface area contributed by atoms with Gasteiger partial charge in [0.1, 0.15) is 5.52 Å². The molecule has 0 radical (unpaired) electrons. The molecule has 0 bridgehead atoms. The molecule has 0 saturated heterocycles. The summed E-state index contributed by atoms with van der Waals surface area (Å²) in [7, 11) is 0. The lowest BCUT2D eigenvalue weighted by Crippen LogP contribution is -2.05. The van der Waals surface area contributed by atoms with Gasteiger partial charge in [0.25, 0.3) is 0 Å². The van der Waals surface area contributed by atoms with Crippen molar-refractivity contribution in [3.63, 3.8) is 0 Å². The maximum atomic E-state index is 4.72. The number of aromatic nitrogens is 6. The van der Waals surface area contributed by atoms with Gasteiger partial charge in [0.2, 0.25) is 0 Å². The molecule has 6 nitrogen and oxygen atoms in total. The summed E-state index contributed by atoms with van der Waals surface area (Å²) in [6.45, 7) is 3.74. The zero-order valence-electron chi connectivity index (χ0n) is 16.8. The normalized spacial score (nSPS) is 11.2. The average Bonchev–Trinajstić information content (AvgIpc) is 3.36. The molecule has 5 rings (SSSR count). The van der Waals surface area contributed by atoms with Gasteiger partial charge in [-0.05, 0) is 31.0 Å². The van der Waals surface area contributed by atoms with Gasteiger partial charge in [0.05, 0.1) is 17.7 Å². The standard InChI is InChI=1S/C24H22N6/c1-18-16-29(17-28-18)14-5-15-30-23(20-8-10-25-11-9-20)21(19-6-3-2-4-7-19)22-24(30)27-13-12-26-22/h2-4,6-13,16-17H,5,14-15H2,1H3. The average molecular weight is 394 g/mol. The Kier molecular flexibility index (Phi) is 4.81. The van der Waals surface area contributed by atoms with Gasteiger partial charge in [-0.1, -0.05) is 30.3 Å². The van der Waals surface area contributed by atoms with Gasteiger partial charge in [-0.25, -0.2) is 9.97 Å². The van der Waals surface area contributed by atoms with Gasteiger partial charge in [0.15, 0.2) is 5.65 Å². The molecule has 0 atom stereocenters. The third kappa shape index (κ3) is 3.37. The van der Waals surface area contributed by atoms with Gasteiger partial charge >= 0.3 is 0 Å². The fraction of sp³-hybridized carbons (Fsp3) is 0.167. The van der Waals surface area contributed by atoms with E-state index in [1.165, 1.54) is 0 Å². The Bertz CT molecular complexity index is 1270. The van der Waals surface area contributed by atoms with E-state index in [4.69, 9.17) is 9.97 Å². The van der Waals surface area contributed by atoms with E-state index in [1.54, 1.807) is 12.4 Å². The summed E-state index contributed by atoms with van der Waals surface area (Å²) < 4.78 is 4.43. The molecule has 0 aliphatic carbocycles. The highest BCUT2D eigenvalue weighted by Gasteiger charge is 2.21. The number of imidazole rings is 1. The van der Waals surface area contributed by atoms with Gasteiger partial charge in [-0.3, -0.25) is 9.97 Å². The van der Waals surface area contributed by atoms with Crippen LogP contribution in [0.4, 0.5) is 0 Å². The number of aryl methyl sites for hydroxylation is 3. The highest BCUT2D eigenvalue weighted by molar-refractivity contribution is 6.00. The lowest BCUT2D eigenvalue weighted by molar-refractivity contribution is 0.574. The third-order valence-corrected chi connectivity index (χ3v) is 5.25. The summed E-state index contributed by atoms with van der Waals surface area (Å²) in [6, 6.07) is 14.5. The molecular formula is C24H22N6. The van der Waals surface area contributed by atoms with Gasteiger partial charge < -0.3 is 9.13 Å². The molecule has 0 spiro atoms. The van der Waals surface area contributed by atoms with Crippen molar-refractivity contribution in [1.29, 1.82) is 0 Å². The first kappa shape index (κ1) is 18.2. The Hall–Kier alpha value is -3.80. The maximum Gasteiger partial charge on any atom is 0.159 e. The van der Waals surface area contributed by atoms with Crippen molar-refractivity contribution in [1.82, 2.24) is 29.1 Å². The summed E-state index contributed by atoms with van der Waals surface area (Å²) in [4.78, 5) is 18.0. The predicted molar refractivity (Wildman–Crippen MR) is 118 cm³/mol. The van der Waals surface area contributed by atoms with Crippen LogP contribution < -0.4 is 0 Å². The molecule has 0 saturated carbocycles. The first-order chi connectivity index (χ1) is 14.8. The van der Waals surface area contributed by atoms with Crippen molar-refractivity contribution in [2.24, 2.45) is 0 Å². The summed E-state index contributed by atoms with van der Waals surface area (Å²) >= 11 is 0. The number of hydrogen-bond donors (Lipinski definition) is 0. The fourth-order valence-electron chi connectivity index (χ4n) is 3.97. The Balaban J connectivity index is 1.65. The van der Waals surface area contributed by atoms with Crippen molar-refractivity contribution in [3.05, 3.63) is 85.5 Å². The second-order valence-electron chi connectivity index (χ2n) is 7.31. The topological polar surface area (TPSA) is 61.4 Å². The summed E-state index contributed by atoms with van der Waals surface area (Å²) in [5, 5.41) is 0. The van der Waals surface area contributed by atoms with Crippen molar-refractivity contribution >= 4 is 11.2 Å². The van der Waals surface area contributed by atoms with Gasteiger partial charge in [-0.15, -0.1) is 0 Å². The largest absolute Gasteiger partial charge is 0.337 e. The van der Waals surface area contributed by atoms with E-state index in [0.717, 1.165) is 58.8 Å². The zero-order chi connectivity index (χ0) is 20.3. The van der Waals surface area contributed by atoms with Crippen LogP contribution in [0.25, 0.3) is 33.5 Å². The number of fused-ring (bicyclic) bond motifs is 1. The van der Waals surface area contributed by atoms with E-state index in [0.29, 0.717) is 0 Å². The summed E-state index contributed by atoms with van der Waals surface area (Å²) in [5.74, 6) is 0. The maximum absolute atomic E-state index is 4.72. The van der Waals surface area contributed by atoms with Crippen molar-refractivity contribution in [3.8, 4) is 22.4 Å². The van der Waals surface area contributed by atoms with E-state index in [9.17, 15) is 0 Å². The van der Waals surface area contributed by atoms with Crippen LogP contribution >= 0.6 is 0 Å². The molecule has 0 fully saturated rings. The fourth-order valence-corrected chi connectivity index (χ4v) is 3.97.